The monoisotopic (exact) mass is 288 g/mol. The topological polar surface area (TPSA) is 17.1 Å². The Balaban J connectivity index is 2.91. The zero-order valence-electron chi connectivity index (χ0n) is 13.4. The molecule has 0 aliphatic carbocycles. The fourth-order valence-corrected chi connectivity index (χ4v) is 3.94. The maximum Gasteiger partial charge on any atom is 0.110 e. The normalized spacial score (nSPS) is 12.6. The highest BCUT2D eigenvalue weighted by atomic mass is 31.2. The van der Waals surface area contributed by atoms with Crippen LogP contribution in [0.25, 0.3) is 10.8 Å². The molecular weight excluding hydrogens is 263 g/mol. The summed E-state index contributed by atoms with van der Waals surface area (Å²) < 4.78 is 12.6. The first-order chi connectivity index (χ1) is 9.21. The molecule has 0 fully saturated rings. The third kappa shape index (κ3) is 2.83. The van der Waals surface area contributed by atoms with Gasteiger partial charge in [0.1, 0.15) is 7.14 Å². The summed E-state index contributed by atoms with van der Waals surface area (Å²) >= 11 is 0. The van der Waals surface area contributed by atoms with Gasteiger partial charge in [-0.1, -0.05) is 58.0 Å². The van der Waals surface area contributed by atoms with Crippen molar-refractivity contribution in [3.63, 3.8) is 0 Å². The van der Waals surface area contributed by atoms with Crippen LogP contribution in [0.15, 0.2) is 30.3 Å². The van der Waals surface area contributed by atoms with Gasteiger partial charge in [-0.15, -0.1) is 0 Å². The smallest absolute Gasteiger partial charge is 0.110 e. The minimum absolute atomic E-state index is 0.434. The van der Waals surface area contributed by atoms with Crippen LogP contribution in [0.4, 0.5) is 0 Å². The van der Waals surface area contributed by atoms with Crippen LogP contribution < -0.4 is 5.30 Å². The van der Waals surface area contributed by atoms with E-state index in [0.717, 1.165) is 5.30 Å². The molecule has 1 nitrogen and oxygen atoms in total. The molecule has 0 radical (unpaired) electrons. The Bertz CT molecular complexity index is 677. The van der Waals surface area contributed by atoms with E-state index in [9.17, 15) is 4.57 Å². The summed E-state index contributed by atoms with van der Waals surface area (Å²) in [6.07, 6.45) is 0. The predicted molar refractivity (Wildman–Crippen MR) is 91.2 cm³/mol. The van der Waals surface area contributed by atoms with Gasteiger partial charge < -0.3 is 4.57 Å². The number of benzene rings is 2. The molecule has 108 valence electrons. The molecule has 0 aliphatic heterocycles. The van der Waals surface area contributed by atoms with E-state index in [1.807, 2.05) is 25.5 Å². The van der Waals surface area contributed by atoms with Gasteiger partial charge in [-0.3, -0.25) is 0 Å². The highest BCUT2D eigenvalue weighted by Crippen LogP contribution is 2.40. The summed E-state index contributed by atoms with van der Waals surface area (Å²) in [7, 11) is -2.27. The molecule has 2 rings (SSSR count). The quantitative estimate of drug-likeness (QED) is 0.697. The Hall–Kier alpha value is -1.07. The zero-order valence-corrected chi connectivity index (χ0v) is 14.3. The summed E-state index contributed by atoms with van der Waals surface area (Å²) in [5.41, 5.74) is 2.69. The molecule has 2 heteroatoms. The first-order valence-corrected chi connectivity index (χ1v) is 9.94. The van der Waals surface area contributed by atoms with E-state index in [0.29, 0.717) is 11.8 Å². The van der Waals surface area contributed by atoms with Gasteiger partial charge in [0, 0.05) is 5.30 Å². The molecule has 0 aromatic heterocycles. The van der Waals surface area contributed by atoms with Crippen LogP contribution in [-0.2, 0) is 4.57 Å². The minimum Gasteiger partial charge on any atom is -0.319 e. The van der Waals surface area contributed by atoms with Crippen molar-refractivity contribution < 1.29 is 4.57 Å². The van der Waals surface area contributed by atoms with Gasteiger partial charge >= 0.3 is 0 Å². The molecule has 2 aromatic carbocycles. The lowest BCUT2D eigenvalue weighted by Crippen LogP contribution is -2.08. The molecule has 0 atom stereocenters. The maximum atomic E-state index is 12.6. The lowest BCUT2D eigenvalue weighted by molar-refractivity contribution is 0.588. The molecule has 0 amide bonds. The van der Waals surface area contributed by atoms with Gasteiger partial charge in [-0.25, -0.2) is 0 Å². The van der Waals surface area contributed by atoms with Gasteiger partial charge in [0.25, 0.3) is 0 Å². The summed E-state index contributed by atoms with van der Waals surface area (Å²) in [5.74, 6) is 0.944. The molecule has 2 aromatic rings. The van der Waals surface area contributed by atoms with Crippen LogP contribution in [0.1, 0.15) is 50.7 Å². The van der Waals surface area contributed by atoms with Crippen LogP contribution >= 0.6 is 7.14 Å². The fraction of sp³-hybridized carbons (Fsp3) is 0.444. The molecule has 0 bridgehead atoms. The lowest BCUT2D eigenvalue weighted by Gasteiger charge is -2.19. The largest absolute Gasteiger partial charge is 0.319 e. The van der Waals surface area contributed by atoms with Crippen LogP contribution in [0.5, 0.6) is 0 Å². The second-order valence-corrected chi connectivity index (χ2v) is 9.83. The molecule has 0 unspecified atom stereocenters. The minimum atomic E-state index is -2.27. The van der Waals surface area contributed by atoms with E-state index in [1.165, 1.54) is 21.9 Å². The van der Waals surface area contributed by atoms with Gasteiger partial charge in [-0.2, -0.15) is 0 Å². The summed E-state index contributed by atoms with van der Waals surface area (Å²) in [6, 6.07) is 10.8. The highest BCUT2D eigenvalue weighted by molar-refractivity contribution is 7.70. The second kappa shape index (κ2) is 5.37. The van der Waals surface area contributed by atoms with Crippen LogP contribution in [-0.4, -0.2) is 13.3 Å². The van der Waals surface area contributed by atoms with Crippen molar-refractivity contribution in [1.82, 2.24) is 0 Å². The third-order valence-corrected chi connectivity index (χ3v) is 5.41. The summed E-state index contributed by atoms with van der Waals surface area (Å²) in [6.45, 7) is 12.6. The average Bonchev–Trinajstić information content (AvgIpc) is 2.35. The molecule has 0 saturated carbocycles. The highest BCUT2D eigenvalue weighted by Gasteiger charge is 2.19. The molecule has 20 heavy (non-hydrogen) atoms. The van der Waals surface area contributed by atoms with Crippen molar-refractivity contribution in [3.05, 3.63) is 41.5 Å². The van der Waals surface area contributed by atoms with Gasteiger partial charge in [0.05, 0.1) is 0 Å². The van der Waals surface area contributed by atoms with Gasteiger partial charge in [-0.05, 0) is 47.1 Å². The van der Waals surface area contributed by atoms with Crippen molar-refractivity contribution in [1.29, 1.82) is 0 Å². The SMILES string of the molecule is CC(C)c1cc(C(C)C)c2c(P(C)(C)=O)cccc2c1. The summed E-state index contributed by atoms with van der Waals surface area (Å²) in [5, 5.41) is 3.45. The average molecular weight is 288 g/mol. The maximum absolute atomic E-state index is 12.6. The Labute approximate surface area is 122 Å². The van der Waals surface area contributed by atoms with Crippen molar-refractivity contribution in [2.75, 3.05) is 13.3 Å². The molecule has 0 spiro atoms. The lowest BCUT2D eigenvalue weighted by atomic mass is 9.90. The zero-order chi connectivity index (χ0) is 15.1. The van der Waals surface area contributed by atoms with Gasteiger partial charge in [0.15, 0.2) is 0 Å². The first kappa shape index (κ1) is 15.3. The Morgan fingerprint density at radius 2 is 1.60 bits per heavy atom. The molecular formula is C18H25OP. The van der Waals surface area contributed by atoms with Crippen LogP contribution in [0, 0.1) is 0 Å². The number of fused-ring (bicyclic) bond motifs is 1. The van der Waals surface area contributed by atoms with Gasteiger partial charge in [0.2, 0.25) is 0 Å². The van der Waals surface area contributed by atoms with Crippen molar-refractivity contribution in [2.24, 2.45) is 0 Å². The van der Waals surface area contributed by atoms with Crippen molar-refractivity contribution in [2.45, 2.75) is 39.5 Å². The van der Waals surface area contributed by atoms with Crippen LogP contribution in [0.2, 0.25) is 0 Å². The van der Waals surface area contributed by atoms with Crippen molar-refractivity contribution >= 4 is 23.2 Å². The van der Waals surface area contributed by atoms with E-state index in [4.69, 9.17) is 0 Å². The Kier molecular flexibility index (Phi) is 4.12. The Morgan fingerprint density at radius 3 is 2.10 bits per heavy atom. The predicted octanol–water partition coefficient (Wildman–Crippen LogP) is 5.33. The third-order valence-electron chi connectivity index (χ3n) is 3.88. The van der Waals surface area contributed by atoms with E-state index in [-0.39, 0.29) is 0 Å². The van der Waals surface area contributed by atoms with E-state index in [1.54, 1.807) is 0 Å². The number of hydrogen-bond donors (Lipinski definition) is 0. The number of rotatable bonds is 3. The van der Waals surface area contributed by atoms with E-state index < -0.39 is 7.14 Å². The molecule has 0 saturated heterocycles. The standard InChI is InChI=1S/C18H25OP/c1-12(2)15-10-14-8-7-9-17(20(5,6)19)18(14)16(11-15)13(3)4/h7-13H,1-6H3. The van der Waals surface area contributed by atoms with Crippen molar-refractivity contribution in [3.8, 4) is 0 Å². The summed E-state index contributed by atoms with van der Waals surface area (Å²) in [4.78, 5) is 0. The second-order valence-electron chi connectivity index (χ2n) is 6.65. The molecule has 0 N–H and O–H groups in total. The Morgan fingerprint density at radius 1 is 0.950 bits per heavy atom. The molecule has 0 heterocycles. The van der Waals surface area contributed by atoms with E-state index >= 15 is 0 Å². The van der Waals surface area contributed by atoms with Crippen LogP contribution in [0.3, 0.4) is 0 Å². The van der Waals surface area contributed by atoms with E-state index in [2.05, 4.69) is 45.9 Å². The first-order valence-electron chi connectivity index (χ1n) is 7.34. The number of hydrogen-bond acceptors (Lipinski definition) is 1. The molecule has 0 aliphatic rings. The fourth-order valence-electron chi connectivity index (χ4n) is 2.70.